The number of fused-ring (bicyclic) bond motifs is 1. The Morgan fingerprint density at radius 2 is 1.62 bits per heavy atom. The Kier molecular flexibility index (Phi) is 3.20. The highest BCUT2D eigenvalue weighted by Crippen LogP contribution is 2.33. The topological polar surface area (TPSA) is 26.3 Å². The molecule has 0 radical (unpaired) electrons. The van der Waals surface area contributed by atoms with E-state index in [-0.39, 0.29) is 5.78 Å². The van der Waals surface area contributed by atoms with Crippen LogP contribution in [0.2, 0.25) is 0 Å². The lowest BCUT2D eigenvalue weighted by Crippen LogP contribution is -2.15. The minimum atomic E-state index is -4.34. The quantitative estimate of drug-likeness (QED) is 0.781. The van der Waals surface area contributed by atoms with Gasteiger partial charge in [-0.25, -0.2) is 0 Å². The van der Waals surface area contributed by atoms with Crippen LogP contribution in [0.15, 0.2) is 42.5 Å². The summed E-state index contributed by atoms with van der Waals surface area (Å²) in [7, 11) is 0. The third-order valence-corrected chi connectivity index (χ3v) is 3.41. The summed E-state index contributed by atoms with van der Waals surface area (Å²) in [4.78, 5) is 11.7. The van der Waals surface area contributed by atoms with Gasteiger partial charge in [0, 0.05) is 6.42 Å². The lowest BCUT2D eigenvalue weighted by molar-refractivity contribution is -0.137. The monoisotopic (exact) mass is 292 g/mol. The predicted octanol–water partition coefficient (Wildman–Crippen LogP) is 4.34. The number of carbonyl (C=O) groups excluding carboxylic acids is 1. The van der Waals surface area contributed by atoms with Crippen molar-refractivity contribution in [2.45, 2.75) is 12.6 Å². The van der Waals surface area contributed by atoms with Crippen LogP contribution < -0.4 is 4.74 Å². The molecule has 1 aliphatic heterocycles. The Hall–Kier alpha value is -2.30. The summed E-state index contributed by atoms with van der Waals surface area (Å²) >= 11 is 0. The summed E-state index contributed by atoms with van der Waals surface area (Å²) in [5.41, 5.74) is 1.21. The summed E-state index contributed by atoms with van der Waals surface area (Å²) in [6.07, 6.45) is -3.99. The number of carbonyl (C=O) groups is 1. The molecule has 0 atom stereocenters. The molecule has 5 heteroatoms. The number of hydrogen-bond acceptors (Lipinski definition) is 2. The van der Waals surface area contributed by atoms with E-state index < -0.39 is 11.7 Å². The smallest absolute Gasteiger partial charge is 0.416 e. The summed E-state index contributed by atoms with van der Waals surface area (Å²) in [5, 5.41) is 0. The van der Waals surface area contributed by atoms with Gasteiger partial charge in [0.2, 0.25) is 0 Å². The third-order valence-electron chi connectivity index (χ3n) is 3.41. The van der Waals surface area contributed by atoms with Crippen LogP contribution in [-0.2, 0) is 6.18 Å². The highest BCUT2D eigenvalue weighted by molar-refractivity contribution is 6.00. The highest BCUT2D eigenvalue weighted by Gasteiger charge is 2.30. The zero-order chi connectivity index (χ0) is 15.0. The molecule has 0 bridgehead atoms. The van der Waals surface area contributed by atoms with Crippen molar-refractivity contribution in [1.82, 2.24) is 0 Å². The van der Waals surface area contributed by atoms with E-state index in [1.807, 2.05) is 0 Å². The standard InChI is InChI=1S/C16H11F3O2/c17-16(18,19)12-4-1-10(2-5-12)11-3-6-13-14(20)7-8-21-15(13)9-11/h1-6,9H,7-8H2. The van der Waals surface area contributed by atoms with Gasteiger partial charge in [-0.1, -0.05) is 18.2 Å². The van der Waals surface area contributed by atoms with Crippen molar-refractivity contribution in [3.05, 3.63) is 53.6 Å². The Balaban J connectivity index is 1.96. The Morgan fingerprint density at radius 3 is 2.29 bits per heavy atom. The number of ether oxygens (including phenoxy) is 1. The molecule has 0 saturated heterocycles. The molecular formula is C16H11F3O2. The average Bonchev–Trinajstić information content (AvgIpc) is 2.46. The fourth-order valence-corrected chi connectivity index (χ4v) is 2.29. The molecule has 0 amide bonds. The van der Waals surface area contributed by atoms with Crippen molar-refractivity contribution in [3.63, 3.8) is 0 Å². The Bertz CT molecular complexity index is 688. The van der Waals surface area contributed by atoms with Gasteiger partial charge in [0.25, 0.3) is 0 Å². The van der Waals surface area contributed by atoms with Gasteiger partial charge < -0.3 is 4.74 Å². The second-order valence-electron chi connectivity index (χ2n) is 4.81. The van der Waals surface area contributed by atoms with Gasteiger partial charge in [0.1, 0.15) is 5.75 Å². The fourth-order valence-electron chi connectivity index (χ4n) is 2.29. The van der Waals surface area contributed by atoms with Crippen LogP contribution >= 0.6 is 0 Å². The average molecular weight is 292 g/mol. The van der Waals surface area contributed by atoms with Crippen LogP contribution in [0.5, 0.6) is 5.75 Å². The predicted molar refractivity (Wildman–Crippen MR) is 71.3 cm³/mol. The summed E-state index contributed by atoms with van der Waals surface area (Å²) in [6.45, 7) is 0.336. The highest BCUT2D eigenvalue weighted by atomic mass is 19.4. The Labute approximate surface area is 119 Å². The van der Waals surface area contributed by atoms with E-state index in [4.69, 9.17) is 4.74 Å². The number of ketones is 1. The molecule has 2 aromatic rings. The molecular weight excluding hydrogens is 281 g/mol. The van der Waals surface area contributed by atoms with Crippen molar-refractivity contribution in [1.29, 1.82) is 0 Å². The molecule has 1 heterocycles. The number of benzene rings is 2. The van der Waals surface area contributed by atoms with E-state index in [1.54, 1.807) is 18.2 Å². The van der Waals surface area contributed by atoms with E-state index in [1.165, 1.54) is 12.1 Å². The van der Waals surface area contributed by atoms with Crippen LogP contribution in [0, 0.1) is 0 Å². The number of hydrogen-bond donors (Lipinski definition) is 0. The van der Waals surface area contributed by atoms with Crippen LogP contribution in [0.4, 0.5) is 13.2 Å². The molecule has 0 saturated carbocycles. The van der Waals surface area contributed by atoms with Crippen molar-refractivity contribution in [3.8, 4) is 16.9 Å². The molecule has 3 rings (SSSR count). The molecule has 0 unspecified atom stereocenters. The molecule has 0 aliphatic carbocycles. The first-order valence-electron chi connectivity index (χ1n) is 6.43. The molecule has 21 heavy (non-hydrogen) atoms. The molecule has 108 valence electrons. The van der Waals surface area contributed by atoms with Gasteiger partial charge in [0.15, 0.2) is 5.78 Å². The lowest BCUT2D eigenvalue weighted by atomic mass is 9.98. The molecule has 2 nitrogen and oxygen atoms in total. The van der Waals surface area contributed by atoms with Crippen molar-refractivity contribution in [2.24, 2.45) is 0 Å². The van der Waals surface area contributed by atoms with Crippen LogP contribution in [0.3, 0.4) is 0 Å². The SMILES string of the molecule is O=C1CCOc2cc(-c3ccc(C(F)(F)F)cc3)ccc21. The second-order valence-corrected chi connectivity index (χ2v) is 4.81. The van der Waals surface area contributed by atoms with Crippen molar-refractivity contribution >= 4 is 5.78 Å². The first kappa shape index (κ1) is 13.7. The van der Waals surface area contributed by atoms with Crippen LogP contribution in [0.25, 0.3) is 11.1 Å². The number of rotatable bonds is 1. The van der Waals surface area contributed by atoms with Crippen LogP contribution in [-0.4, -0.2) is 12.4 Å². The Morgan fingerprint density at radius 1 is 0.952 bits per heavy atom. The largest absolute Gasteiger partial charge is 0.492 e. The summed E-state index contributed by atoms with van der Waals surface area (Å²) < 4.78 is 43.0. The van der Waals surface area contributed by atoms with E-state index in [0.717, 1.165) is 17.7 Å². The van der Waals surface area contributed by atoms with Gasteiger partial charge in [-0.2, -0.15) is 13.2 Å². The maximum Gasteiger partial charge on any atom is 0.416 e. The van der Waals surface area contributed by atoms with Crippen molar-refractivity contribution in [2.75, 3.05) is 6.61 Å². The number of Topliss-reactive ketones (excluding diaryl/α,β-unsaturated/α-hetero) is 1. The first-order valence-corrected chi connectivity index (χ1v) is 6.43. The minimum Gasteiger partial charge on any atom is -0.492 e. The molecule has 0 N–H and O–H groups in total. The van der Waals surface area contributed by atoms with E-state index in [9.17, 15) is 18.0 Å². The maximum atomic E-state index is 12.5. The van der Waals surface area contributed by atoms with Gasteiger partial charge >= 0.3 is 6.18 Å². The van der Waals surface area contributed by atoms with Gasteiger partial charge in [-0.05, 0) is 35.4 Å². The first-order chi connectivity index (χ1) is 9.95. The fraction of sp³-hybridized carbons (Fsp3) is 0.188. The van der Waals surface area contributed by atoms with E-state index in [2.05, 4.69) is 0 Å². The molecule has 0 aromatic heterocycles. The summed E-state index contributed by atoms with van der Waals surface area (Å²) in [5.74, 6) is 0.513. The van der Waals surface area contributed by atoms with Gasteiger partial charge in [-0.15, -0.1) is 0 Å². The number of alkyl halides is 3. The minimum absolute atomic E-state index is 0.0234. The van der Waals surface area contributed by atoms with Crippen molar-refractivity contribution < 1.29 is 22.7 Å². The van der Waals surface area contributed by atoms with Gasteiger partial charge in [-0.3, -0.25) is 4.79 Å². The second kappa shape index (κ2) is 4.91. The normalized spacial score (nSPS) is 14.5. The zero-order valence-corrected chi connectivity index (χ0v) is 10.9. The third kappa shape index (κ3) is 2.63. The van der Waals surface area contributed by atoms with E-state index >= 15 is 0 Å². The van der Waals surface area contributed by atoms with E-state index in [0.29, 0.717) is 29.9 Å². The lowest BCUT2D eigenvalue weighted by Gasteiger charge is -2.17. The summed E-state index contributed by atoms with van der Waals surface area (Å²) in [6, 6.07) is 9.97. The molecule has 2 aromatic carbocycles. The number of halogens is 3. The van der Waals surface area contributed by atoms with Crippen LogP contribution in [0.1, 0.15) is 22.3 Å². The zero-order valence-electron chi connectivity index (χ0n) is 10.9. The van der Waals surface area contributed by atoms with Gasteiger partial charge in [0.05, 0.1) is 17.7 Å². The molecule has 0 fully saturated rings. The molecule has 0 spiro atoms. The maximum absolute atomic E-state index is 12.5. The molecule has 1 aliphatic rings.